The van der Waals surface area contributed by atoms with Gasteiger partial charge in [-0.2, -0.15) is 0 Å². The van der Waals surface area contributed by atoms with E-state index in [0.29, 0.717) is 12.1 Å². The van der Waals surface area contributed by atoms with E-state index in [9.17, 15) is 4.79 Å². The topological polar surface area (TPSA) is 54.1 Å². The number of rotatable bonds is 5. The van der Waals surface area contributed by atoms with Crippen molar-refractivity contribution in [3.63, 3.8) is 0 Å². The lowest BCUT2D eigenvalue weighted by Crippen LogP contribution is -2.25. The monoisotopic (exact) mass is 258 g/mol. The first-order valence-electron chi connectivity index (χ1n) is 6.26. The summed E-state index contributed by atoms with van der Waals surface area (Å²) in [6, 6.07) is 9.65. The summed E-state index contributed by atoms with van der Waals surface area (Å²) in [4.78, 5) is 14.9. The normalized spacial score (nSPS) is 10.2. The summed E-state index contributed by atoms with van der Waals surface area (Å²) in [5, 5.41) is 2.91. The van der Waals surface area contributed by atoms with Crippen LogP contribution in [0.15, 0.2) is 36.5 Å². The second kappa shape index (κ2) is 6.09. The average molecular weight is 258 g/mol. The van der Waals surface area contributed by atoms with Crippen LogP contribution in [0.3, 0.4) is 0 Å². The summed E-state index contributed by atoms with van der Waals surface area (Å²) in [5.74, 6) is 0.808. The first-order valence-corrected chi connectivity index (χ1v) is 6.26. The van der Waals surface area contributed by atoms with E-state index in [-0.39, 0.29) is 5.91 Å². The van der Waals surface area contributed by atoms with E-state index in [1.54, 1.807) is 19.4 Å². The second-order valence-electron chi connectivity index (χ2n) is 4.37. The lowest BCUT2D eigenvalue weighted by atomic mass is 10.1. The Morgan fingerprint density at radius 1 is 1.26 bits per heavy atom. The zero-order valence-corrected chi connectivity index (χ0v) is 11.2. The maximum absolute atomic E-state index is 11.9. The maximum Gasteiger partial charge on any atom is 0.253 e. The van der Waals surface area contributed by atoms with Gasteiger partial charge in [-0.15, -0.1) is 0 Å². The van der Waals surface area contributed by atoms with Gasteiger partial charge in [0, 0.05) is 18.4 Å². The highest BCUT2D eigenvalue weighted by Gasteiger charge is 2.08. The smallest absolute Gasteiger partial charge is 0.253 e. The van der Waals surface area contributed by atoms with E-state index in [1.165, 1.54) is 5.56 Å². The van der Waals surface area contributed by atoms with Gasteiger partial charge in [0.1, 0.15) is 5.75 Å². The minimum Gasteiger partial charge on any atom is -0.497 e. The molecule has 0 atom stereocenters. The Hall–Kier alpha value is -2.23. The van der Waals surface area contributed by atoms with Gasteiger partial charge in [-0.25, -0.2) is 0 Å². The van der Waals surface area contributed by atoms with Crippen molar-refractivity contribution in [3.8, 4) is 5.75 Å². The van der Waals surface area contributed by atoms with E-state index >= 15 is 0 Å². The molecule has 100 valence electrons. The second-order valence-corrected chi connectivity index (χ2v) is 4.37. The van der Waals surface area contributed by atoms with Crippen LogP contribution < -0.4 is 10.1 Å². The number of H-pyrrole nitrogens is 1. The Bertz CT molecular complexity index is 544. The number of aromatic amines is 1. The van der Waals surface area contributed by atoms with Crippen LogP contribution >= 0.6 is 0 Å². The van der Waals surface area contributed by atoms with Gasteiger partial charge < -0.3 is 15.0 Å². The summed E-state index contributed by atoms with van der Waals surface area (Å²) in [6.45, 7) is 2.51. The van der Waals surface area contributed by atoms with Crippen LogP contribution in [-0.4, -0.2) is 24.5 Å². The Morgan fingerprint density at radius 2 is 2.00 bits per heavy atom. The number of amides is 1. The lowest BCUT2D eigenvalue weighted by molar-refractivity contribution is 0.0953. The molecule has 0 unspecified atom stereocenters. The summed E-state index contributed by atoms with van der Waals surface area (Å²) in [5.41, 5.74) is 2.77. The van der Waals surface area contributed by atoms with Crippen molar-refractivity contribution in [1.82, 2.24) is 10.3 Å². The molecule has 0 radical (unpaired) electrons. The molecule has 0 aliphatic heterocycles. The van der Waals surface area contributed by atoms with E-state index in [2.05, 4.69) is 10.3 Å². The molecule has 4 heteroatoms. The number of carbonyl (C=O) groups excluding carboxylic acids is 1. The fourth-order valence-electron chi connectivity index (χ4n) is 1.91. The third-order valence-corrected chi connectivity index (χ3v) is 3.06. The molecule has 0 aliphatic rings. The number of benzene rings is 1. The fraction of sp³-hybridized carbons (Fsp3) is 0.267. The molecule has 0 fully saturated rings. The Balaban J connectivity index is 1.83. The van der Waals surface area contributed by atoms with Gasteiger partial charge in [-0.05, 0) is 37.1 Å². The first kappa shape index (κ1) is 13.2. The van der Waals surface area contributed by atoms with Gasteiger partial charge in [0.25, 0.3) is 5.91 Å². The van der Waals surface area contributed by atoms with Crippen LogP contribution in [0.1, 0.15) is 21.6 Å². The summed E-state index contributed by atoms with van der Waals surface area (Å²) in [7, 11) is 1.65. The zero-order valence-electron chi connectivity index (χ0n) is 11.2. The van der Waals surface area contributed by atoms with Crippen molar-refractivity contribution in [2.24, 2.45) is 0 Å². The summed E-state index contributed by atoms with van der Waals surface area (Å²) in [6.07, 6.45) is 2.58. The molecular weight excluding hydrogens is 240 g/mol. The zero-order chi connectivity index (χ0) is 13.7. The predicted molar refractivity (Wildman–Crippen MR) is 74.6 cm³/mol. The van der Waals surface area contributed by atoms with Gasteiger partial charge >= 0.3 is 0 Å². The molecule has 2 aromatic rings. The number of ether oxygens (including phenoxy) is 1. The Kier molecular flexibility index (Phi) is 4.23. The van der Waals surface area contributed by atoms with Gasteiger partial charge in [-0.1, -0.05) is 12.1 Å². The predicted octanol–water partition coefficient (Wildman–Crippen LogP) is 2.30. The molecule has 0 aliphatic carbocycles. The molecular formula is C15H18N2O2. The highest BCUT2D eigenvalue weighted by molar-refractivity contribution is 5.95. The maximum atomic E-state index is 11.9. The lowest BCUT2D eigenvalue weighted by Gasteiger charge is -2.06. The van der Waals surface area contributed by atoms with Crippen LogP contribution in [0.2, 0.25) is 0 Å². The van der Waals surface area contributed by atoms with Gasteiger partial charge in [0.2, 0.25) is 0 Å². The molecule has 19 heavy (non-hydrogen) atoms. The molecule has 1 aromatic carbocycles. The van der Waals surface area contributed by atoms with Crippen LogP contribution in [0.25, 0.3) is 0 Å². The number of aryl methyl sites for hydroxylation is 1. The van der Waals surface area contributed by atoms with E-state index < -0.39 is 0 Å². The first-order chi connectivity index (χ1) is 9.20. The minimum atomic E-state index is -0.0349. The van der Waals surface area contributed by atoms with E-state index in [0.717, 1.165) is 17.9 Å². The van der Waals surface area contributed by atoms with Crippen molar-refractivity contribution >= 4 is 5.91 Å². The summed E-state index contributed by atoms with van der Waals surface area (Å²) < 4.78 is 5.10. The van der Waals surface area contributed by atoms with Crippen molar-refractivity contribution < 1.29 is 9.53 Å². The number of nitrogens with one attached hydrogen (secondary N) is 2. The molecule has 0 saturated carbocycles. The SMILES string of the molecule is COc1ccc(CCNC(=O)c2cc[nH]c2C)cc1. The van der Waals surface area contributed by atoms with Crippen molar-refractivity contribution in [1.29, 1.82) is 0 Å². The number of carbonyl (C=O) groups is 1. The van der Waals surface area contributed by atoms with Crippen LogP contribution in [-0.2, 0) is 6.42 Å². The highest BCUT2D eigenvalue weighted by atomic mass is 16.5. The molecule has 0 spiro atoms. The number of aromatic nitrogens is 1. The molecule has 1 amide bonds. The van der Waals surface area contributed by atoms with Crippen molar-refractivity contribution in [2.75, 3.05) is 13.7 Å². The summed E-state index contributed by atoms with van der Waals surface area (Å²) >= 11 is 0. The molecule has 2 rings (SSSR count). The van der Waals surface area contributed by atoms with E-state index in [1.807, 2.05) is 31.2 Å². The minimum absolute atomic E-state index is 0.0349. The largest absolute Gasteiger partial charge is 0.497 e. The van der Waals surface area contributed by atoms with E-state index in [4.69, 9.17) is 4.74 Å². The molecule has 0 bridgehead atoms. The van der Waals surface area contributed by atoms with Crippen LogP contribution in [0.4, 0.5) is 0 Å². The molecule has 0 saturated heterocycles. The Morgan fingerprint density at radius 3 is 2.58 bits per heavy atom. The third-order valence-electron chi connectivity index (χ3n) is 3.06. The van der Waals surface area contributed by atoms with Crippen molar-refractivity contribution in [3.05, 3.63) is 53.3 Å². The quantitative estimate of drug-likeness (QED) is 0.864. The molecule has 1 aromatic heterocycles. The third kappa shape index (κ3) is 3.37. The molecule has 1 heterocycles. The van der Waals surface area contributed by atoms with Crippen molar-refractivity contribution in [2.45, 2.75) is 13.3 Å². The average Bonchev–Trinajstić information content (AvgIpc) is 2.86. The number of hydrogen-bond acceptors (Lipinski definition) is 2. The molecule has 4 nitrogen and oxygen atoms in total. The number of hydrogen-bond donors (Lipinski definition) is 2. The molecule has 2 N–H and O–H groups in total. The van der Waals surface area contributed by atoms with Gasteiger partial charge in [-0.3, -0.25) is 4.79 Å². The Labute approximate surface area is 112 Å². The van der Waals surface area contributed by atoms with Gasteiger partial charge in [0.15, 0.2) is 0 Å². The number of methoxy groups -OCH3 is 1. The standard InChI is InChI=1S/C15H18N2O2/c1-11-14(8-10-16-11)15(18)17-9-7-12-3-5-13(19-2)6-4-12/h3-6,8,10,16H,7,9H2,1-2H3,(H,17,18). The van der Waals surface area contributed by atoms with Crippen LogP contribution in [0.5, 0.6) is 5.75 Å². The van der Waals surface area contributed by atoms with Crippen LogP contribution in [0, 0.1) is 6.92 Å². The highest BCUT2D eigenvalue weighted by Crippen LogP contribution is 2.11. The van der Waals surface area contributed by atoms with Gasteiger partial charge in [0.05, 0.1) is 12.7 Å². The fourth-order valence-corrected chi connectivity index (χ4v) is 1.91.